The van der Waals surface area contributed by atoms with E-state index in [1.54, 1.807) is 18.7 Å². The molecule has 0 spiro atoms. The van der Waals surface area contributed by atoms with E-state index in [-0.39, 0.29) is 12.5 Å². The third-order valence-electron chi connectivity index (χ3n) is 2.33. The molecule has 1 saturated heterocycles. The highest BCUT2D eigenvalue weighted by Gasteiger charge is 2.32. The molecule has 0 aliphatic carbocycles. The van der Waals surface area contributed by atoms with Gasteiger partial charge in [0.15, 0.2) is 0 Å². The summed E-state index contributed by atoms with van der Waals surface area (Å²) in [7, 11) is 0. The first kappa shape index (κ1) is 9.52. The molecule has 0 bridgehead atoms. The number of hydrogen-bond donors (Lipinski definition) is 0. The molecular formula is C9H16NO2. The summed E-state index contributed by atoms with van der Waals surface area (Å²) in [5, 5.41) is 10.7. The first-order chi connectivity index (χ1) is 5.58. The lowest BCUT2D eigenvalue weighted by atomic mass is 9.93. The van der Waals surface area contributed by atoms with Crippen molar-refractivity contribution in [1.82, 2.24) is 4.90 Å². The van der Waals surface area contributed by atoms with Crippen LogP contribution >= 0.6 is 0 Å². The van der Waals surface area contributed by atoms with Crippen LogP contribution in [0.4, 0.5) is 0 Å². The van der Waals surface area contributed by atoms with E-state index in [0.29, 0.717) is 0 Å². The van der Waals surface area contributed by atoms with Gasteiger partial charge in [0.2, 0.25) is 5.91 Å². The van der Waals surface area contributed by atoms with Crippen molar-refractivity contribution in [3.05, 3.63) is 0 Å². The molecule has 0 unspecified atom stereocenters. The molecule has 3 heteroatoms. The lowest BCUT2D eigenvalue weighted by Gasteiger charge is -2.26. The first-order valence-corrected chi connectivity index (χ1v) is 4.45. The Morgan fingerprint density at radius 1 is 1.33 bits per heavy atom. The van der Waals surface area contributed by atoms with Crippen LogP contribution < -0.4 is 0 Å². The molecule has 1 fully saturated rings. The van der Waals surface area contributed by atoms with Crippen molar-refractivity contribution in [2.75, 3.05) is 19.7 Å². The predicted molar refractivity (Wildman–Crippen MR) is 45.1 cm³/mol. The van der Waals surface area contributed by atoms with Crippen LogP contribution in [-0.2, 0) is 9.90 Å². The summed E-state index contributed by atoms with van der Waals surface area (Å²) in [6.07, 6.45) is 2.17. The van der Waals surface area contributed by atoms with E-state index in [1.807, 2.05) is 0 Å². The largest absolute Gasteiger partial charge is 0.342 e. The maximum absolute atomic E-state index is 11.6. The lowest BCUT2D eigenvalue weighted by Crippen LogP contribution is -2.40. The molecular weight excluding hydrogens is 154 g/mol. The summed E-state index contributed by atoms with van der Waals surface area (Å²) < 4.78 is 0. The van der Waals surface area contributed by atoms with E-state index < -0.39 is 5.41 Å². The van der Waals surface area contributed by atoms with Gasteiger partial charge in [0.1, 0.15) is 0 Å². The molecule has 0 N–H and O–H groups in total. The molecule has 0 aromatic carbocycles. The second-order valence-corrected chi connectivity index (χ2v) is 4.03. The molecule has 1 amide bonds. The van der Waals surface area contributed by atoms with Gasteiger partial charge in [0, 0.05) is 13.1 Å². The number of likely N-dealkylation sites (tertiary alicyclic amines) is 1. The minimum Gasteiger partial charge on any atom is -0.342 e. The van der Waals surface area contributed by atoms with Gasteiger partial charge in [0.25, 0.3) is 0 Å². The molecule has 0 aromatic heterocycles. The molecule has 1 aliphatic heterocycles. The van der Waals surface area contributed by atoms with Crippen LogP contribution in [0.5, 0.6) is 0 Å². The average Bonchev–Trinajstić information content (AvgIpc) is 2.55. The van der Waals surface area contributed by atoms with E-state index in [9.17, 15) is 9.90 Å². The van der Waals surface area contributed by atoms with Gasteiger partial charge in [-0.1, -0.05) is 0 Å². The summed E-state index contributed by atoms with van der Waals surface area (Å²) in [6.45, 7) is 4.80. The van der Waals surface area contributed by atoms with E-state index >= 15 is 0 Å². The number of rotatable bonds is 2. The average molecular weight is 170 g/mol. The zero-order valence-electron chi connectivity index (χ0n) is 7.80. The van der Waals surface area contributed by atoms with Crippen molar-refractivity contribution in [3.8, 4) is 0 Å². The Hall–Kier alpha value is -0.570. The number of hydrogen-bond acceptors (Lipinski definition) is 1. The lowest BCUT2D eigenvalue weighted by molar-refractivity contribution is -0.142. The Bertz CT molecular complexity index is 171. The minimum atomic E-state index is -0.704. The van der Waals surface area contributed by atoms with E-state index in [1.165, 1.54) is 0 Å². The van der Waals surface area contributed by atoms with Gasteiger partial charge < -0.3 is 4.90 Å². The maximum atomic E-state index is 11.6. The quantitative estimate of drug-likeness (QED) is 0.611. The van der Waals surface area contributed by atoms with Gasteiger partial charge in [0.05, 0.1) is 12.0 Å². The molecule has 69 valence electrons. The summed E-state index contributed by atoms with van der Waals surface area (Å²) in [5.74, 6) is 0.0231. The zero-order valence-corrected chi connectivity index (χ0v) is 7.80. The highest BCUT2D eigenvalue weighted by molar-refractivity contribution is 5.82. The minimum absolute atomic E-state index is 0.0231. The van der Waals surface area contributed by atoms with Gasteiger partial charge in [-0.3, -0.25) is 4.79 Å². The fraction of sp³-hybridized carbons (Fsp3) is 0.889. The molecule has 1 aliphatic rings. The Kier molecular flexibility index (Phi) is 2.73. The molecule has 3 nitrogen and oxygen atoms in total. The van der Waals surface area contributed by atoms with Crippen LogP contribution in [0.3, 0.4) is 0 Å². The van der Waals surface area contributed by atoms with Gasteiger partial charge in [-0.05, 0) is 26.7 Å². The number of carbonyl (C=O) groups is 1. The van der Waals surface area contributed by atoms with E-state index in [4.69, 9.17) is 0 Å². The van der Waals surface area contributed by atoms with Crippen LogP contribution in [0.1, 0.15) is 26.7 Å². The number of carbonyl (C=O) groups excluding carboxylic acids is 1. The van der Waals surface area contributed by atoms with Crippen molar-refractivity contribution >= 4 is 5.91 Å². The first-order valence-electron chi connectivity index (χ1n) is 4.45. The second-order valence-electron chi connectivity index (χ2n) is 4.03. The highest BCUT2D eigenvalue weighted by Crippen LogP contribution is 2.21. The standard InChI is InChI=1S/C9H16NO2/c1-9(2,7-11)8(12)10-5-3-4-6-10/h3-7H2,1-2H3. The predicted octanol–water partition coefficient (Wildman–Crippen LogP) is 1.07. The molecule has 0 atom stereocenters. The van der Waals surface area contributed by atoms with Crippen LogP contribution in [0, 0.1) is 5.41 Å². The normalized spacial score (nSPS) is 18.4. The van der Waals surface area contributed by atoms with Crippen molar-refractivity contribution in [2.45, 2.75) is 26.7 Å². The molecule has 0 saturated carbocycles. The van der Waals surface area contributed by atoms with Crippen molar-refractivity contribution in [1.29, 1.82) is 0 Å². The topological polar surface area (TPSA) is 40.2 Å². The van der Waals surface area contributed by atoms with E-state index in [0.717, 1.165) is 25.9 Å². The van der Waals surface area contributed by atoms with Gasteiger partial charge in [-0.25, -0.2) is 5.11 Å². The van der Waals surface area contributed by atoms with Crippen LogP contribution in [-0.4, -0.2) is 30.5 Å². The van der Waals surface area contributed by atoms with Crippen LogP contribution in [0.2, 0.25) is 0 Å². The summed E-state index contributed by atoms with van der Waals surface area (Å²) >= 11 is 0. The SMILES string of the molecule is CC(C)(C[O])C(=O)N1CCCC1. The van der Waals surface area contributed by atoms with Crippen molar-refractivity contribution in [3.63, 3.8) is 0 Å². The third-order valence-corrected chi connectivity index (χ3v) is 2.33. The number of nitrogens with zero attached hydrogens (tertiary/aromatic N) is 1. The molecule has 1 rings (SSSR count). The van der Waals surface area contributed by atoms with Gasteiger partial charge >= 0.3 is 0 Å². The van der Waals surface area contributed by atoms with Crippen molar-refractivity contribution in [2.24, 2.45) is 5.41 Å². The second kappa shape index (κ2) is 3.44. The Labute approximate surface area is 73.4 Å². The zero-order chi connectivity index (χ0) is 9.19. The maximum Gasteiger partial charge on any atom is 0.230 e. The van der Waals surface area contributed by atoms with Gasteiger partial charge in [-0.2, -0.15) is 0 Å². The summed E-state index contributed by atoms with van der Waals surface area (Å²) in [6, 6.07) is 0. The Morgan fingerprint density at radius 3 is 2.25 bits per heavy atom. The van der Waals surface area contributed by atoms with Crippen LogP contribution in [0.25, 0.3) is 0 Å². The monoisotopic (exact) mass is 170 g/mol. The molecule has 1 radical (unpaired) electrons. The molecule has 12 heavy (non-hydrogen) atoms. The molecule has 0 aromatic rings. The van der Waals surface area contributed by atoms with Crippen LogP contribution in [0.15, 0.2) is 0 Å². The Balaban J connectivity index is 2.56. The summed E-state index contributed by atoms with van der Waals surface area (Å²) in [4.78, 5) is 13.4. The summed E-state index contributed by atoms with van der Waals surface area (Å²) in [5.41, 5.74) is -0.704. The van der Waals surface area contributed by atoms with Gasteiger partial charge in [-0.15, -0.1) is 0 Å². The Morgan fingerprint density at radius 2 is 1.83 bits per heavy atom. The van der Waals surface area contributed by atoms with Crippen molar-refractivity contribution < 1.29 is 9.90 Å². The highest BCUT2D eigenvalue weighted by atomic mass is 16.3. The number of amides is 1. The fourth-order valence-corrected chi connectivity index (χ4v) is 1.41. The smallest absolute Gasteiger partial charge is 0.230 e. The molecule has 1 heterocycles. The fourth-order valence-electron chi connectivity index (χ4n) is 1.41. The van der Waals surface area contributed by atoms with E-state index in [2.05, 4.69) is 0 Å². The third kappa shape index (κ3) is 1.78.